The van der Waals surface area contributed by atoms with Crippen LogP contribution in [0.3, 0.4) is 0 Å². The molecule has 1 amide bonds. The van der Waals surface area contributed by atoms with Crippen LogP contribution in [-0.4, -0.2) is 28.4 Å². The number of ketones is 1. The molecule has 1 saturated heterocycles. The molecule has 168 valence electrons. The molecule has 4 rings (SSSR count). The third-order valence-corrected chi connectivity index (χ3v) is 5.45. The van der Waals surface area contributed by atoms with Crippen molar-refractivity contribution in [1.29, 1.82) is 0 Å². The number of benzene rings is 2. The van der Waals surface area contributed by atoms with Crippen LogP contribution in [0.5, 0.6) is 5.75 Å². The summed E-state index contributed by atoms with van der Waals surface area (Å²) < 4.78 is 33.6. The zero-order valence-corrected chi connectivity index (χ0v) is 18.0. The fraction of sp³-hybridized carbons (Fsp3) is 0.125. The summed E-state index contributed by atoms with van der Waals surface area (Å²) in [6.07, 6.45) is 2.87. The van der Waals surface area contributed by atoms with Crippen molar-refractivity contribution in [3.8, 4) is 5.75 Å². The van der Waals surface area contributed by atoms with Gasteiger partial charge in [-0.15, -0.1) is 0 Å². The van der Waals surface area contributed by atoms with E-state index in [1.807, 2.05) is 0 Å². The molecule has 33 heavy (non-hydrogen) atoms. The van der Waals surface area contributed by atoms with Gasteiger partial charge in [0.1, 0.15) is 23.1 Å². The van der Waals surface area contributed by atoms with Crippen molar-refractivity contribution >= 4 is 34.7 Å². The number of aliphatic hydroxyl groups is 1. The minimum Gasteiger partial charge on any atom is -0.507 e. The van der Waals surface area contributed by atoms with Crippen molar-refractivity contribution in [3.05, 3.63) is 94.3 Å². The van der Waals surface area contributed by atoms with Gasteiger partial charge in [-0.2, -0.15) is 0 Å². The molecule has 0 aliphatic carbocycles. The summed E-state index contributed by atoms with van der Waals surface area (Å²) in [5.41, 5.74) is 0.0122. The minimum absolute atomic E-state index is 0.180. The summed E-state index contributed by atoms with van der Waals surface area (Å²) in [5.74, 6) is -4.16. The van der Waals surface area contributed by atoms with Crippen LogP contribution in [0.15, 0.2) is 66.5 Å². The van der Waals surface area contributed by atoms with Gasteiger partial charge in [0, 0.05) is 24.0 Å². The van der Waals surface area contributed by atoms with E-state index in [0.717, 1.165) is 17.0 Å². The Labute approximate surface area is 192 Å². The molecule has 0 bridgehead atoms. The van der Waals surface area contributed by atoms with E-state index >= 15 is 0 Å². The van der Waals surface area contributed by atoms with Gasteiger partial charge in [-0.25, -0.2) is 8.78 Å². The molecule has 1 atom stereocenters. The average Bonchev–Trinajstić information content (AvgIpc) is 3.06. The van der Waals surface area contributed by atoms with E-state index < -0.39 is 35.1 Å². The number of amides is 1. The fourth-order valence-electron chi connectivity index (χ4n) is 3.69. The molecule has 1 aromatic heterocycles. The van der Waals surface area contributed by atoms with Gasteiger partial charge in [0.25, 0.3) is 11.7 Å². The molecule has 0 spiro atoms. The Balaban J connectivity index is 1.94. The maximum Gasteiger partial charge on any atom is 0.300 e. The normalized spacial score (nSPS) is 17.5. The van der Waals surface area contributed by atoms with Gasteiger partial charge in [0.15, 0.2) is 0 Å². The molecular formula is C24H17ClF2N2O4. The molecule has 1 aliphatic rings. The lowest BCUT2D eigenvalue weighted by Gasteiger charge is -2.25. The van der Waals surface area contributed by atoms with Gasteiger partial charge in [0.2, 0.25) is 0 Å². The Morgan fingerprint density at radius 3 is 2.52 bits per heavy atom. The van der Waals surface area contributed by atoms with Gasteiger partial charge >= 0.3 is 0 Å². The van der Waals surface area contributed by atoms with Gasteiger partial charge < -0.3 is 9.84 Å². The van der Waals surface area contributed by atoms with Crippen molar-refractivity contribution in [2.45, 2.75) is 13.0 Å². The van der Waals surface area contributed by atoms with Crippen LogP contribution >= 0.6 is 11.6 Å². The largest absolute Gasteiger partial charge is 0.507 e. The minimum atomic E-state index is -1.18. The summed E-state index contributed by atoms with van der Waals surface area (Å²) in [5, 5.41) is 11.4. The van der Waals surface area contributed by atoms with E-state index in [-0.39, 0.29) is 22.6 Å². The summed E-state index contributed by atoms with van der Waals surface area (Å²) in [6, 6.07) is 8.95. The quantitative estimate of drug-likeness (QED) is 0.321. The van der Waals surface area contributed by atoms with Crippen molar-refractivity contribution in [3.63, 3.8) is 0 Å². The third kappa shape index (κ3) is 4.05. The Hall–Kier alpha value is -3.78. The molecule has 2 aromatic carbocycles. The van der Waals surface area contributed by atoms with Crippen molar-refractivity contribution in [2.75, 3.05) is 11.5 Å². The number of anilines is 1. The number of carbonyl (C=O) groups is 2. The Bertz CT molecular complexity index is 1280. The number of rotatable bonds is 5. The number of aliphatic hydroxyl groups excluding tert-OH is 1. The molecule has 0 radical (unpaired) electrons. The highest BCUT2D eigenvalue weighted by Crippen LogP contribution is 2.43. The third-order valence-electron chi connectivity index (χ3n) is 5.14. The maximum absolute atomic E-state index is 14.7. The number of ether oxygens (including phenoxy) is 1. The second-order valence-corrected chi connectivity index (χ2v) is 7.53. The van der Waals surface area contributed by atoms with Gasteiger partial charge in [0.05, 0.1) is 28.9 Å². The zero-order valence-electron chi connectivity index (χ0n) is 17.3. The number of nitrogens with zero attached hydrogens (tertiary/aromatic N) is 2. The lowest BCUT2D eigenvalue weighted by molar-refractivity contribution is -0.132. The molecular weight excluding hydrogens is 454 g/mol. The van der Waals surface area contributed by atoms with Gasteiger partial charge in [-0.1, -0.05) is 11.6 Å². The van der Waals surface area contributed by atoms with E-state index in [1.165, 1.54) is 42.7 Å². The highest BCUT2D eigenvalue weighted by molar-refractivity contribution is 6.51. The van der Waals surface area contributed by atoms with Crippen LogP contribution in [0, 0.1) is 11.6 Å². The SMILES string of the molecule is CCOc1cc(/C(O)=C2\C(=O)C(=O)N(c3ccc(F)cc3F)C2c2ccncc2)ccc1Cl. The first-order chi connectivity index (χ1) is 15.8. The van der Waals surface area contributed by atoms with Crippen LogP contribution in [-0.2, 0) is 9.59 Å². The number of pyridine rings is 1. The Morgan fingerprint density at radius 1 is 1.12 bits per heavy atom. The second-order valence-electron chi connectivity index (χ2n) is 7.12. The lowest BCUT2D eigenvalue weighted by atomic mass is 9.95. The summed E-state index contributed by atoms with van der Waals surface area (Å²) >= 11 is 6.12. The number of hydrogen-bond donors (Lipinski definition) is 1. The summed E-state index contributed by atoms with van der Waals surface area (Å²) in [6.45, 7) is 2.07. The molecule has 9 heteroatoms. The van der Waals surface area contributed by atoms with Crippen LogP contribution in [0.4, 0.5) is 14.5 Å². The average molecular weight is 471 g/mol. The van der Waals surface area contributed by atoms with E-state index in [2.05, 4.69) is 4.98 Å². The summed E-state index contributed by atoms with van der Waals surface area (Å²) in [4.78, 5) is 30.9. The van der Waals surface area contributed by atoms with E-state index in [0.29, 0.717) is 23.3 Å². The van der Waals surface area contributed by atoms with Crippen molar-refractivity contribution in [2.24, 2.45) is 0 Å². The van der Waals surface area contributed by atoms with Crippen molar-refractivity contribution < 1.29 is 28.2 Å². The predicted octanol–water partition coefficient (Wildman–Crippen LogP) is 5.04. The number of halogens is 3. The van der Waals surface area contributed by atoms with Gasteiger partial charge in [-0.05, 0) is 55.0 Å². The first kappa shape index (κ1) is 22.4. The highest BCUT2D eigenvalue weighted by Gasteiger charge is 2.47. The molecule has 0 saturated carbocycles. The predicted molar refractivity (Wildman–Crippen MR) is 118 cm³/mol. The van der Waals surface area contributed by atoms with E-state index in [9.17, 15) is 23.5 Å². The monoisotopic (exact) mass is 470 g/mol. The topological polar surface area (TPSA) is 79.7 Å². The fourth-order valence-corrected chi connectivity index (χ4v) is 3.86. The van der Waals surface area contributed by atoms with E-state index in [1.54, 1.807) is 6.92 Å². The number of Topliss-reactive ketones (excluding diaryl/α,β-unsaturated/α-hetero) is 1. The standard InChI is InChI=1S/C24H17ClF2N2O4/c1-2-33-19-11-14(3-5-16(19)25)22(30)20-21(13-7-9-28-10-8-13)29(24(32)23(20)31)18-6-4-15(26)12-17(18)27/h3-12,21,30H,2H2,1H3/b22-20+. The number of aromatic nitrogens is 1. The molecule has 1 fully saturated rings. The number of hydrogen-bond acceptors (Lipinski definition) is 5. The maximum atomic E-state index is 14.7. The first-order valence-electron chi connectivity index (χ1n) is 9.92. The smallest absolute Gasteiger partial charge is 0.300 e. The first-order valence-corrected chi connectivity index (χ1v) is 10.3. The summed E-state index contributed by atoms with van der Waals surface area (Å²) in [7, 11) is 0. The van der Waals surface area contributed by atoms with E-state index in [4.69, 9.17) is 16.3 Å². The van der Waals surface area contributed by atoms with Crippen LogP contribution in [0.2, 0.25) is 5.02 Å². The van der Waals surface area contributed by atoms with Crippen molar-refractivity contribution in [1.82, 2.24) is 4.98 Å². The molecule has 2 heterocycles. The molecule has 3 aromatic rings. The Morgan fingerprint density at radius 2 is 1.85 bits per heavy atom. The van der Waals surface area contributed by atoms with Crippen LogP contribution in [0.1, 0.15) is 24.1 Å². The lowest BCUT2D eigenvalue weighted by Crippen LogP contribution is -2.30. The molecule has 1 N–H and O–H groups in total. The van der Waals surface area contributed by atoms with Gasteiger partial charge in [-0.3, -0.25) is 19.5 Å². The molecule has 1 unspecified atom stereocenters. The highest BCUT2D eigenvalue weighted by atomic mass is 35.5. The second kappa shape index (κ2) is 8.99. The molecule has 6 nitrogen and oxygen atoms in total. The Kier molecular flexibility index (Phi) is 6.11. The molecule has 1 aliphatic heterocycles. The van der Waals surface area contributed by atoms with Crippen LogP contribution in [0.25, 0.3) is 5.76 Å². The number of carbonyl (C=O) groups excluding carboxylic acids is 2. The van der Waals surface area contributed by atoms with Crippen LogP contribution < -0.4 is 9.64 Å². The zero-order chi connectivity index (χ0) is 23.7.